The maximum Gasteiger partial charge on any atom is 0.122 e. The molecule has 4 heteroatoms. The first-order chi connectivity index (χ1) is 9.15. The van der Waals surface area contributed by atoms with Gasteiger partial charge in [0.05, 0.1) is 5.69 Å². The van der Waals surface area contributed by atoms with Gasteiger partial charge in [-0.2, -0.15) is 0 Å². The predicted octanol–water partition coefficient (Wildman–Crippen LogP) is 3.55. The number of thiazole rings is 1. The topological polar surface area (TPSA) is 34.1 Å². The Hall–Kier alpha value is -0.450. The van der Waals surface area contributed by atoms with Gasteiger partial charge in [-0.05, 0) is 37.6 Å². The third kappa shape index (κ3) is 4.01. The van der Waals surface area contributed by atoms with E-state index in [0.717, 1.165) is 19.5 Å². The summed E-state index contributed by atoms with van der Waals surface area (Å²) < 4.78 is 5.67. The molecule has 1 aromatic heterocycles. The molecule has 1 aliphatic rings. The standard InChI is InChI=1S/C15H26N2OS/c1-5-16-9-13-12(8-10(2)3)17-15(19-13)14(18-4)11-6-7-11/h10-11,14,16H,5-9H2,1-4H3. The number of aromatic nitrogens is 1. The van der Waals surface area contributed by atoms with E-state index in [-0.39, 0.29) is 6.10 Å². The summed E-state index contributed by atoms with van der Waals surface area (Å²) in [6.45, 7) is 8.60. The van der Waals surface area contributed by atoms with Gasteiger partial charge in [0.1, 0.15) is 11.1 Å². The minimum Gasteiger partial charge on any atom is -0.374 e. The summed E-state index contributed by atoms with van der Waals surface area (Å²) in [5.41, 5.74) is 1.28. The SMILES string of the molecule is CCNCc1sc(C(OC)C2CC2)nc1CC(C)C. The lowest BCUT2D eigenvalue weighted by Gasteiger charge is -2.10. The van der Waals surface area contributed by atoms with E-state index in [9.17, 15) is 0 Å². The second-order valence-corrected chi connectivity index (χ2v) is 6.91. The Labute approximate surface area is 120 Å². The normalized spacial score (nSPS) is 17.1. The van der Waals surface area contributed by atoms with Gasteiger partial charge in [0.15, 0.2) is 0 Å². The van der Waals surface area contributed by atoms with Gasteiger partial charge in [0, 0.05) is 18.5 Å². The lowest BCUT2D eigenvalue weighted by molar-refractivity contribution is 0.0842. The van der Waals surface area contributed by atoms with Crippen LogP contribution in [0.2, 0.25) is 0 Å². The number of hydrogen-bond donors (Lipinski definition) is 1. The Balaban J connectivity index is 2.16. The number of methoxy groups -OCH3 is 1. The Bertz CT molecular complexity index is 399. The quantitative estimate of drug-likeness (QED) is 0.792. The van der Waals surface area contributed by atoms with Crippen LogP contribution in [0, 0.1) is 11.8 Å². The van der Waals surface area contributed by atoms with Crippen molar-refractivity contribution in [3.63, 3.8) is 0 Å². The smallest absolute Gasteiger partial charge is 0.122 e. The third-order valence-corrected chi connectivity index (χ3v) is 4.64. The molecule has 1 unspecified atom stereocenters. The van der Waals surface area contributed by atoms with E-state index in [1.54, 1.807) is 0 Å². The van der Waals surface area contributed by atoms with Crippen LogP contribution in [0.1, 0.15) is 55.3 Å². The monoisotopic (exact) mass is 282 g/mol. The lowest BCUT2D eigenvalue weighted by Crippen LogP contribution is -2.12. The van der Waals surface area contributed by atoms with Crippen molar-refractivity contribution in [1.82, 2.24) is 10.3 Å². The average molecular weight is 282 g/mol. The van der Waals surface area contributed by atoms with Crippen molar-refractivity contribution >= 4 is 11.3 Å². The number of hydrogen-bond acceptors (Lipinski definition) is 4. The first kappa shape index (κ1) is 14.9. The molecule has 19 heavy (non-hydrogen) atoms. The van der Waals surface area contributed by atoms with Crippen molar-refractivity contribution in [2.45, 2.75) is 52.7 Å². The highest BCUT2D eigenvalue weighted by Crippen LogP contribution is 2.44. The van der Waals surface area contributed by atoms with Gasteiger partial charge in [-0.15, -0.1) is 11.3 Å². The van der Waals surface area contributed by atoms with Crippen LogP contribution < -0.4 is 5.32 Å². The van der Waals surface area contributed by atoms with E-state index >= 15 is 0 Å². The largest absolute Gasteiger partial charge is 0.374 e. The molecule has 0 saturated heterocycles. The molecule has 0 radical (unpaired) electrons. The van der Waals surface area contributed by atoms with Gasteiger partial charge in [0.25, 0.3) is 0 Å². The summed E-state index contributed by atoms with van der Waals surface area (Å²) in [5.74, 6) is 1.35. The van der Waals surface area contributed by atoms with Crippen LogP contribution in [0.25, 0.3) is 0 Å². The highest BCUT2D eigenvalue weighted by atomic mass is 32.1. The predicted molar refractivity (Wildman–Crippen MR) is 80.5 cm³/mol. The lowest BCUT2D eigenvalue weighted by atomic mass is 10.1. The summed E-state index contributed by atoms with van der Waals surface area (Å²) >= 11 is 1.84. The van der Waals surface area contributed by atoms with Crippen molar-refractivity contribution in [1.29, 1.82) is 0 Å². The second kappa shape index (κ2) is 6.82. The zero-order valence-electron chi connectivity index (χ0n) is 12.5. The maximum absolute atomic E-state index is 5.67. The molecule has 1 heterocycles. The Morgan fingerprint density at radius 3 is 2.68 bits per heavy atom. The van der Waals surface area contributed by atoms with Gasteiger partial charge >= 0.3 is 0 Å². The molecule has 1 N–H and O–H groups in total. The molecule has 0 bridgehead atoms. The van der Waals surface area contributed by atoms with Crippen LogP contribution in [0.3, 0.4) is 0 Å². The molecule has 1 aliphatic carbocycles. The molecule has 0 aliphatic heterocycles. The van der Waals surface area contributed by atoms with Gasteiger partial charge < -0.3 is 10.1 Å². The molecule has 2 rings (SSSR count). The molecule has 108 valence electrons. The van der Waals surface area contributed by atoms with Crippen molar-refractivity contribution in [2.75, 3.05) is 13.7 Å². The van der Waals surface area contributed by atoms with E-state index in [4.69, 9.17) is 9.72 Å². The summed E-state index contributed by atoms with van der Waals surface area (Å²) in [4.78, 5) is 6.29. The number of nitrogens with one attached hydrogen (secondary N) is 1. The second-order valence-electron chi connectivity index (χ2n) is 5.79. The van der Waals surface area contributed by atoms with E-state index in [0.29, 0.717) is 11.8 Å². The molecular weight excluding hydrogens is 256 g/mol. The number of rotatable bonds is 8. The fourth-order valence-corrected chi connectivity index (χ4v) is 3.58. The van der Waals surface area contributed by atoms with Gasteiger partial charge in [-0.25, -0.2) is 4.98 Å². The summed E-state index contributed by atoms with van der Waals surface area (Å²) in [6.07, 6.45) is 3.88. The molecule has 1 saturated carbocycles. The highest BCUT2D eigenvalue weighted by molar-refractivity contribution is 7.11. The van der Waals surface area contributed by atoms with Gasteiger partial charge in [-0.3, -0.25) is 0 Å². The molecule has 0 amide bonds. The van der Waals surface area contributed by atoms with Crippen molar-refractivity contribution in [2.24, 2.45) is 11.8 Å². The fourth-order valence-electron chi connectivity index (χ4n) is 2.34. The minimum absolute atomic E-state index is 0.228. The molecule has 0 spiro atoms. The van der Waals surface area contributed by atoms with E-state index in [1.807, 2.05) is 18.4 Å². The first-order valence-electron chi connectivity index (χ1n) is 7.37. The first-order valence-corrected chi connectivity index (χ1v) is 8.19. The Kier molecular flexibility index (Phi) is 5.37. The van der Waals surface area contributed by atoms with Crippen LogP contribution in [-0.2, 0) is 17.7 Å². The van der Waals surface area contributed by atoms with Crippen LogP contribution in [0.15, 0.2) is 0 Å². The summed E-state index contributed by atoms with van der Waals surface area (Å²) in [6, 6.07) is 0. The van der Waals surface area contributed by atoms with Crippen LogP contribution >= 0.6 is 11.3 Å². The van der Waals surface area contributed by atoms with E-state index < -0.39 is 0 Å². The molecule has 0 aromatic carbocycles. The van der Waals surface area contributed by atoms with E-state index in [1.165, 1.54) is 28.4 Å². The van der Waals surface area contributed by atoms with Crippen LogP contribution in [0.5, 0.6) is 0 Å². The zero-order valence-corrected chi connectivity index (χ0v) is 13.3. The van der Waals surface area contributed by atoms with Crippen molar-refractivity contribution in [3.8, 4) is 0 Å². The van der Waals surface area contributed by atoms with E-state index in [2.05, 4.69) is 26.1 Å². The zero-order chi connectivity index (χ0) is 13.8. The van der Waals surface area contributed by atoms with Crippen LogP contribution in [0.4, 0.5) is 0 Å². The number of nitrogens with zero attached hydrogens (tertiary/aromatic N) is 1. The van der Waals surface area contributed by atoms with Crippen LogP contribution in [-0.4, -0.2) is 18.6 Å². The van der Waals surface area contributed by atoms with Gasteiger partial charge in [0.2, 0.25) is 0 Å². The molecule has 3 nitrogen and oxygen atoms in total. The summed E-state index contributed by atoms with van der Waals surface area (Å²) in [5, 5.41) is 4.61. The van der Waals surface area contributed by atoms with Gasteiger partial charge in [-0.1, -0.05) is 20.8 Å². The summed E-state index contributed by atoms with van der Waals surface area (Å²) in [7, 11) is 1.82. The third-order valence-electron chi connectivity index (χ3n) is 3.48. The molecule has 1 aromatic rings. The molecule has 1 atom stereocenters. The highest BCUT2D eigenvalue weighted by Gasteiger charge is 2.35. The molecule has 1 fully saturated rings. The van der Waals surface area contributed by atoms with Crippen molar-refractivity contribution in [3.05, 3.63) is 15.6 Å². The average Bonchev–Trinajstić information content (AvgIpc) is 3.11. The maximum atomic E-state index is 5.67. The van der Waals surface area contributed by atoms with Crippen molar-refractivity contribution < 1.29 is 4.74 Å². The fraction of sp³-hybridized carbons (Fsp3) is 0.800. The molecular formula is C15H26N2OS. The number of ether oxygens (including phenoxy) is 1. The minimum atomic E-state index is 0.228. The Morgan fingerprint density at radius 1 is 1.42 bits per heavy atom. The Morgan fingerprint density at radius 2 is 2.16 bits per heavy atom.